The van der Waals surface area contributed by atoms with E-state index < -0.39 is 5.82 Å². The van der Waals surface area contributed by atoms with Crippen LogP contribution in [0.5, 0.6) is 0 Å². The van der Waals surface area contributed by atoms with Crippen LogP contribution < -0.4 is 10.6 Å². The molecule has 1 aromatic rings. The molecule has 1 saturated carbocycles. The van der Waals surface area contributed by atoms with E-state index in [4.69, 9.17) is 0 Å². The largest absolute Gasteiger partial charge is 0.322 e. The van der Waals surface area contributed by atoms with Crippen molar-refractivity contribution in [3.63, 3.8) is 0 Å². The first kappa shape index (κ1) is 13.4. The zero-order chi connectivity index (χ0) is 13.3. The van der Waals surface area contributed by atoms with E-state index in [1.54, 1.807) is 13.8 Å². The molecule has 0 saturated heterocycles. The number of carbonyl (C=O) groups excluding carboxylic acids is 1. The van der Waals surface area contributed by atoms with Gasteiger partial charge in [-0.05, 0) is 42.6 Å². The highest BCUT2D eigenvalue weighted by Crippen LogP contribution is 2.23. The van der Waals surface area contributed by atoms with E-state index >= 15 is 0 Å². The second-order valence-corrected chi connectivity index (χ2v) is 5.30. The van der Waals surface area contributed by atoms with E-state index in [0.29, 0.717) is 22.0 Å². The van der Waals surface area contributed by atoms with Gasteiger partial charge in [0, 0.05) is 12.1 Å². The fourth-order valence-electron chi connectivity index (χ4n) is 1.56. The molecular formula is C12H15BrFN3O. The summed E-state index contributed by atoms with van der Waals surface area (Å²) in [6.07, 6.45) is 2.23. The van der Waals surface area contributed by atoms with Crippen molar-refractivity contribution in [1.29, 1.82) is 0 Å². The van der Waals surface area contributed by atoms with Gasteiger partial charge in [-0.15, -0.1) is 0 Å². The monoisotopic (exact) mass is 315 g/mol. The number of hydrogen-bond donors (Lipinski definition) is 2. The zero-order valence-corrected chi connectivity index (χ0v) is 11.8. The molecule has 98 valence electrons. The van der Waals surface area contributed by atoms with Crippen LogP contribution in [0, 0.1) is 12.7 Å². The van der Waals surface area contributed by atoms with E-state index in [1.165, 1.54) is 6.07 Å². The van der Waals surface area contributed by atoms with Gasteiger partial charge in [-0.2, -0.15) is 0 Å². The van der Waals surface area contributed by atoms with Gasteiger partial charge >= 0.3 is 0 Å². The molecule has 0 aliphatic heterocycles. The van der Waals surface area contributed by atoms with Crippen LogP contribution in [0.25, 0.3) is 0 Å². The topological polar surface area (TPSA) is 54.0 Å². The van der Waals surface area contributed by atoms with E-state index in [1.807, 2.05) is 0 Å². The van der Waals surface area contributed by atoms with Crippen molar-refractivity contribution in [2.45, 2.75) is 38.8 Å². The Hall–Kier alpha value is -1.01. The van der Waals surface area contributed by atoms with Gasteiger partial charge in [-0.1, -0.05) is 0 Å². The Balaban J connectivity index is 2.03. The quantitative estimate of drug-likeness (QED) is 0.839. The summed E-state index contributed by atoms with van der Waals surface area (Å²) in [4.78, 5) is 15.8. The molecule has 1 unspecified atom stereocenters. The van der Waals surface area contributed by atoms with Crippen LogP contribution >= 0.6 is 15.9 Å². The van der Waals surface area contributed by atoms with Crippen molar-refractivity contribution in [3.05, 3.63) is 22.2 Å². The van der Waals surface area contributed by atoms with Gasteiger partial charge in [-0.25, -0.2) is 9.37 Å². The molecule has 6 heteroatoms. The lowest BCUT2D eigenvalue weighted by Gasteiger charge is -2.14. The molecule has 4 nitrogen and oxygen atoms in total. The third-order valence-corrected chi connectivity index (χ3v) is 3.42. The highest BCUT2D eigenvalue weighted by atomic mass is 79.9. The summed E-state index contributed by atoms with van der Waals surface area (Å²) in [5.41, 5.74) is 0.650. The molecule has 0 radical (unpaired) electrons. The number of aromatic nitrogens is 1. The summed E-state index contributed by atoms with van der Waals surface area (Å²) in [5.74, 6) is -0.621. The third kappa shape index (κ3) is 3.26. The summed E-state index contributed by atoms with van der Waals surface area (Å²) >= 11 is 3.21. The second-order valence-electron chi connectivity index (χ2n) is 4.55. The van der Waals surface area contributed by atoms with E-state index in [0.717, 1.165) is 12.8 Å². The Morgan fingerprint density at radius 2 is 2.28 bits per heavy atom. The molecule has 1 heterocycles. The molecule has 1 aliphatic carbocycles. The minimum Gasteiger partial charge on any atom is -0.322 e. The Labute approximate surface area is 113 Å². The summed E-state index contributed by atoms with van der Waals surface area (Å²) in [5, 5.41) is 5.84. The third-order valence-electron chi connectivity index (χ3n) is 2.82. The van der Waals surface area contributed by atoms with Gasteiger partial charge in [0.1, 0.15) is 10.4 Å². The zero-order valence-electron chi connectivity index (χ0n) is 10.3. The number of amides is 1. The highest BCUT2D eigenvalue weighted by molar-refractivity contribution is 9.10. The van der Waals surface area contributed by atoms with Gasteiger partial charge in [0.05, 0.1) is 17.4 Å². The van der Waals surface area contributed by atoms with Crippen LogP contribution in [-0.4, -0.2) is 23.0 Å². The predicted molar refractivity (Wildman–Crippen MR) is 70.9 cm³/mol. The van der Waals surface area contributed by atoms with Crippen LogP contribution in [0.2, 0.25) is 0 Å². The normalized spacial score (nSPS) is 16.4. The first-order valence-electron chi connectivity index (χ1n) is 5.87. The lowest BCUT2D eigenvalue weighted by atomic mass is 10.3. The van der Waals surface area contributed by atoms with Crippen molar-refractivity contribution in [2.75, 3.05) is 5.32 Å². The van der Waals surface area contributed by atoms with Gasteiger partial charge < -0.3 is 10.6 Å². The van der Waals surface area contributed by atoms with Gasteiger partial charge in [0.15, 0.2) is 0 Å². The molecule has 1 amide bonds. The Morgan fingerprint density at radius 3 is 2.89 bits per heavy atom. The average molecular weight is 316 g/mol. The van der Waals surface area contributed by atoms with Crippen molar-refractivity contribution in [1.82, 2.24) is 10.3 Å². The Morgan fingerprint density at radius 1 is 1.61 bits per heavy atom. The number of aryl methyl sites for hydroxylation is 1. The van der Waals surface area contributed by atoms with E-state index in [9.17, 15) is 9.18 Å². The minimum absolute atomic E-state index is 0.187. The maximum absolute atomic E-state index is 13.4. The van der Waals surface area contributed by atoms with Crippen LogP contribution in [0.15, 0.2) is 10.7 Å². The van der Waals surface area contributed by atoms with Crippen molar-refractivity contribution >= 4 is 27.5 Å². The second kappa shape index (κ2) is 5.32. The van der Waals surface area contributed by atoms with Crippen molar-refractivity contribution < 1.29 is 9.18 Å². The van der Waals surface area contributed by atoms with Crippen molar-refractivity contribution in [3.8, 4) is 0 Å². The van der Waals surface area contributed by atoms with Crippen LogP contribution in [0.1, 0.15) is 25.5 Å². The number of halogens is 2. The SMILES string of the molecule is Cc1nc(Br)c(NC(=O)C(C)NC2CC2)cc1F. The van der Waals surface area contributed by atoms with Crippen molar-refractivity contribution in [2.24, 2.45) is 0 Å². The maximum Gasteiger partial charge on any atom is 0.241 e. The average Bonchev–Trinajstić information content (AvgIpc) is 3.09. The molecule has 1 fully saturated rings. The molecule has 2 N–H and O–H groups in total. The number of nitrogens with zero attached hydrogens (tertiary/aromatic N) is 1. The van der Waals surface area contributed by atoms with E-state index in [2.05, 4.69) is 31.5 Å². The fourth-order valence-corrected chi connectivity index (χ4v) is 2.04. The predicted octanol–water partition coefficient (Wildman–Crippen LogP) is 2.37. The molecule has 1 aromatic heterocycles. The first-order valence-corrected chi connectivity index (χ1v) is 6.66. The molecule has 0 spiro atoms. The number of rotatable bonds is 4. The van der Waals surface area contributed by atoms with Gasteiger partial charge in [-0.3, -0.25) is 4.79 Å². The smallest absolute Gasteiger partial charge is 0.241 e. The lowest BCUT2D eigenvalue weighted by molar-refractivity contribution is -0.117. The maximum atomic E-state index is 13.4. The van der Waals surface area contributed by atoms with Gasteiger partial charge in [0.2, 0.25) is 5.91 Å². The number of hydrogen-bond acceptors (Lipinski definition) is 3. The number of pyridine rings is 1. The number of nitrogens with one attached hydrogen (secondary N) is 2. The Kier molecular flexibility index (Phi) is 3.97. The van der Waals surface area contributed by atoms with E-state index in [-0.39, 0.29) is 11.9 Å². The standard InChI is InChI=1S/C12H15BrFN3O/c1-6-9(14)5-10(11(13)16-6)17-12(18)7(2)15-8-3-4-8/h5,7-8,15H,3-4H2,1-2H3,(H,17,18). The van der Waals surface area contributed by atoms with Crippen LogP contribution in [0.3, 0.4) is 0 Å². The minimum atomic E-state index is -0.434. The summed E-state index contributed by atoms with van der Waals surface area (Å²) in [7, 11) is 0. The Bertz CT molecular complexity index is 477. The molecule has 1 atom stereocenters. The lowest BCUT2D eigenvalue weighted by Crippen LogP contribution is -2.39. The van der Waals surface area contributed by atoms with Crippen LogP contribution in [0.4, 0.5) is 10.1 Å². The molecule has 0 aromatic carbocycles. The first-order chi connectivity index (χ1) is 8.47. The van der Waals surface area contributed by atoms with Crippen LogP contribution in [-0.2, 0) is 4.79 Å². The summed E-state index contributed by atoms with van der Waals surface area (Å²) in [6.45, 7) is 3.36. The molecule has 1 aliphatic rings. The molecule has 0 bridgehead atoms. The number of carbonyl (C=O) groups is 1. The molecule has 18 heavy (non-hydrogen) atoms. The highest BCUT2D eigenvalue weighted by Gasteiger charge is 2.26. The number of anilines is 1. The summed E-state index contributed by atoms with van der Waals surface area (Å²) in [6, 6.07) is 1.42. The molecule has 2 rings (SSSR count). The van der Waals surface area contributed by atoms with Gasteiger partial charge in [0.25, 0.3) is 0 Å². The molecular weight excluding hydrogens is 301 g/mol. The summed E-state index contributed by atoms with van der Waals surface area (Å²) < 4.78 is 13.8. The fraction of sp³-hybridized carbons (Fsp3) is 0.500.